The van der Waals surface area contributed by atoms with Crippen molar-refractivity contribution in [2.75, 3.05) is 25.0 Å². The summed E-state index contributed by atoms with van der Waals surface area (Å²) < 4.78 is 0. The van der Waals surface area contributed by atoms with Gasteiger partial charge in [-0.05, 0) is 36.2 Å². The normalized spacial score (nSPS) is 9.78. The summed E-state index contributed by atoms with van der Waals surface area (Å²) in [5, 5.41) is 10.6. The van der Waals surface area contributed by atoms with E-state index in [9.17, 15) is 9.59 Å². The van der Waals surface area contributed by atoms with Crippen LogP contribution in [0.15, 0.2) is 41.8 Å². The molecular formula is C16H20ClN3O2S. The zero-order chi connectivity index (χ0) is 15.8. The summed E-state index contributed by atoms with van der Waals surface area (Å²) in [4.78, 5) is 24.7. The molecule has 0 atom stereocenters. The van der Waals surface area contributed by atoms with Crippen LogP contribution in [0.3, 0.4) is 0 Å². The number of halogens is 1. The van der Waals surface area contributed by atoms with Crippen molar-refractivity contribution in [3.8, 4) is 0 Å². The molecule has 1 aromatic carbocycles. The number of carbonyl (C=O) groups excluding carboxylic acids is 2. The predicted octanol–water partition coefficient (Wildman–Crippen LogP) is 2.76. The maximum Gasteiger partial charge on any atom is 0.265 e. The van der Waals surface area contributed by atoms with Gasteiger partial charge in [0.2, 0.25) is 0 Å². The third-order valence-electron chi connectivity index (χ3n) is 2.96. The minimum absolute atomic E-state index is 0. The van der Waals surface area contributed by atoms with Crippen molar-refractivity contribution in [3.63, 3.8) is 0 Å². The van der Waals surface area contributed by atoms with Crippen LogP contribution in [-0.2, 0) is 0 Å². The first-order valence-corrected chi connectivity index (χ1v) is 8.02. The van der Waals surface area contributed by atoms with Gasteiger partial charge in [0.25, 0.3) is 11.8 Å². The van der Waals surface area contributed by atoms with Crippen LogP contribution in [0.5, 0.6) is 0 Å². The van der Waals surface area contributed by atoms with Gasteiger partial charge in [0, 0.05) is 24.3 Å². The van der Waals surface area contributed by atoms with Gasteiger partial charge in [-0.25, -0.2) is 0 Å². The quantitative estimate of drug-likeness (QED) is 0.670. The van der Waals surface area contributed by atoms with E-state index in [2.05, 4.69) is 16.0 Å². The molecule has 0 aliphatic carbocycles. The zero-order valence-electron chi connectivity index (χ0n) is 12.8. The van der Waals surface area contributed by atoms with Gasteiger partial charge in [-0.3, -0.25) is 9.59 Å². The Morgan fingerprint density at radius 3 is 2.61 bits per heavy atom. The second-order valence-electron chi connectivity index (χ2n) is 4.62. The summed E-state index contributed by atoms with van der Waals surface area (Å²) in [6.45, 7) is 4.19. The molecule has 0 unspecified atom stereocenters. The highest BCUT2D eigenvalue weighted by Crippen LogP contribution is 2.14. The van der Waals surface area contributed by atoms with E-state index in [-0.39, 0.29) is 24.2 Å². The molecule has 2 rings (SSSR count). The van der Waals surface area contributed by atoms with E-state index < -0.39 is 0 Å². The Balaban J connectivity index is 0.00000264. The number of nitrogens with one attached hydrogen (secondary N) is 3. The van der Waals surface area contributed by atoms with Crippen molar-refractivity contribution in [1.82, 2.24) is 10.6 Å². The molecule has 0 aliphatic rings. The number of anilines is 1. The standard InChI is InChI=1S/C16H19N3O2S.ClH/c1-2-17-8-9-18-15(20)12-5-3-6-13(11-12)19-16(21)14-7-4-10-22-14;/h3-7,10-11,17H,2,8-9H2,1H3,(H,18,20)(H,19,21);1H. The van der Waals surface area contributed by atoms with Gasteiger partial charge in [0.05, 0.1) is 4.88 Å². The summed E-state index contributed by atoms with van der Waals surface area (Å²) in [5.74, 6) is -0.315. The Morgan fingerprint density at radius 2 is 1.91 bits per heavy atom. The van der Waals surface area contributed by atoms with Crippen molar-refractivity contribution < 1.29 is 9.59 Å². The minimum Gasteiger partial charge on any atom is -0.351 e. The minimum atomic E-state index is -0.167. The van der Waals surface area contributed by atoms with Crippen molar-refractivity contribution in [2.45, 2.75) is 6.92 Å². The molecule has 5 nitrogen and oxygen atoms in total. The average Bonchev–Trinajstić information content (AvgIpc) is 3.06. The van der Waals surface area contributed by atoms with E-state index in [4.69, 9.17) is 0 Å². The van der Waals surface area contributed by atoms with Crippen molar-refractivity contribution in [1.29, 1.82) is 0 Å². The summed E-state index contributed by atoms with van der Waals surface area (Å²) in [6.07, 6.45) is 0. The SMILES string of the molecule is CCNCCNC(=O)c1cccc(NC(=O)c2cccs2)c1.Cl. The van der Waals surface area contributed by atoms with Crippen LogP contribution in [-0.4, -0.2) is 31.4 Å². The molecule has 1 heterocycles. The molecule has 0 spiro atoms. The first-order valence-electron chi connectivity index (χ1n) is 7.14. The van der Waals surface area contributed by atoms with Crippen LogP contribution >= 0.6 is 23.7 Å². The van der Waals surface area contributed by atoms with Crippen molar-refractivity contribution in [2.24, 2.45) is 0 Å². The highest BCUT2D eigenvalue weighted by molar-refractivity contribution is 7.12. The van der Waals surface area contributed by atoms with Gasteiger partial charge >= 0.3 is 0 Å². The van der Waals surface area contributed by atoms with Gasteiger partial charge in [0.15, 0.2) is 0 Å². The predicted molar refractivity (Wildman–Crippen MR) is 96.8 cm³/mol. The van der Waals surface area contributed by atoms with E-state index in [0.717, 1.165) is 13.1 Å². The highest BCUT2D eigenvalue weighted by atomic mass is 35.5. The Kier molecular flexibility index (Phi) is 8.32. The summed E-state index contributed by atoms with van der Waals surface area (Å²) in [6, 6.07) is 10.5. The summed E-state index contributed by atoms with van der Waals surface area (Å²) >= 11 is 1.38. The zero-order valence-corrected chi connectivity index (χ0v) is 14.4. The number of amides is 2. The fraction of sp³-hybridized carbons (Fsp3) is 0.250. The lowest BCUT2D eigenvalue weighted by atomic mass is 10.2. The van der Waals surface area contributed by atoms with Crippen molar-refractivity contribution >= 4 is 41.2 Å². The molecule has 0 saturated carbocycles. The summed E-state index contributed by atoms with van der Waals surface area (Å²) in [7, 11) is 0. The third-order valence-corrected chi connectivity index (χ3v) is 3.83. The molecule has 3 N–H and O–H groups in total. The molecular weight excluding hydrogens is 334 g/mol. The van der Waals surface area contributed by atoms with E-state index in [1.165, 1.54) is 11.3 Å². The number of rotatable bonds is 7. The van der Waals surface area contributed by atoms with Crippen LogP contribution in [0.4, 0.5) is 5.69 Å². The Labute approximate surface area is 145 Å². The third kappa shape index (κ3) is 6.02. The van der Waals surface area contributed by atoms with Crippen LogP contribution in [0, 0.1) is 0 Å². The first kappa shape index (κ1) is 19.2. The molecule has 0 fully saturated rings. The van der Waals surface area contributed by atoms with E-state index in [0.29, 0.717) is 22.7 Å². The first-order chi connectivity index (χ1) is 10.7. The number of hydrogen-bond acceptors (Lipinski definition) is 4. The van der Waals surface area contributed by atoms with Crippen LogP contribution in [0.2, 0.25) is 0 Å². The molecule has 1 aromatic heterocycles. The van der Waals surface area contributed by atoms with Crippen LogP contribution in [0.1, 0.15) is 27.0 Å². The summed E-state index contributed by atoms with van der Waals surface area (Å²) in [5.41, 5.74) is 1.14. The Morgan fingerprint density at radius 1 is 1.09 bits per heavy atom. The molecule has 124 valence electrons. The van der Waals surface area contributed by atoms with Gasteiger partial charge in [0.1, 0.15) is 0 Å². The molecule has 0 aliphatic heterocycles. The van der Waals surface area contributed by atoms with E-state index >= 15 is 0 Å². The van der Waals surface area contributed by atoms with Crippen LogP contribution in [0.25, 0.3) is 0 Å². The Bertz CT molecular complexity index is 632. The lowest BCUT2D eigenvalue weighted by molar-refractivity contribution is 0.0952. The lowest BCUT2D eigenvalue weighted by Gasteiger charge is -2.08. The largest absolute Gasteiger partial charge is 0.351 e. The molecule has 0 radical (unpaired) electrons. The molecule has 2 aromatic rings. The van der Waals surface area contributed by atoms with Gasteiger partial charge < -0.3 is 16.0 Å². The van der Waals surface area contributed by atoms with Gasteiger partial charge in [-0.2, -0.15) is 0 Å². The van der Waals surface area contributed by atoms with Crippen molar-refractivity contribution in [3.05, 3.63) is 52.2 Å². The fourth-order valence-electron chi connectivity index (χ4n) is 1.88. The van der Waals surface area contributed by atoms with Gasteiger partial charge in [-0.15, -0.1) is 23.7 Å². The molecule has 0 bridgehead atoms. The highest BCUT2D eigenvalue weighted by Gasteiger charge is 2.09. The number of benzene rings is 1. The second-order valence-corrected chi connectivity index (χ2v) is 5.57. The number of carbonyl (C=O) groups is 2. The average molecular weight is 354 g/mol. The number of hydrogen-bond donors (Lipinski definition) is 3. The van der Waals surface area contributed by atoms with E-state index in [1.54, 1.807) is 30.3 Å². The fourth-order valence-corrected chi connectivity index (χ4v) is 2.50. The number of thiophene rings is 1. The lowest BCUT2D eigenvalue weighted by Crippen LogP contribution is -2.31. The monoisotopic (exact) mass is 353 g/mol. The maximum atomic E-state index is 12.0. The molecule has 7 heteroatoms. The molecule has 0 saturated heterocycles. The number of likely N-dealkylation sites (N-methyl/N-ethyl adjacent to an activating group) is 1. The van der Waals surface area contributed by atoms with Gasteiger partial charge in [-0.1, -0.05) is 19.1 Å². The maximum absolute atomic E-state index is 12.0. The van der Waals surface area contributed by atoms with Crippen LogP contribution < -0.4 is 16.0 Å². The smallest absolute Gasteiger partial charge is 0.265 e. The molecule has 23 heavy (non-hydrogen) atoms. The topological polar surface area (TPSA) is 70.2 Å². The Hall–Kier alpha value is -1.89. The molecule has 2 amide bonds. The van der Waals surface area contributed by atoms with E-state index in [1.807, 2.05) is 18.4 Å². The second kappa shape index (κ2) is 9.99.